The fourth-order valence-electron chi connectivity index (χ4n) is 1.38. The number of nitrogens with two attached hydrogens (primary N) is 1. The maximum Gasteiger partial charge on any atom is 0.251 e. The molecule has 2 rings (SSSR count). The van der Waals surface area contributed by atoms with Crippen LogP contribution in [0.1, 0.15) is 17.1 Å². The lowest BCUT2D eigenvalue weighted by molar-refractivity contribution is 0.318. The molecular weight excluding hydrogens is 256 g/mol. The average molecular weight is 267 g/mol. The van der Waals surface area contributed by atoms with E-state index in [9.17, 15) is 0 Å². The highest BCUT2D eigenvalue weighted by atomic mass is 35.5. The summed E-state index contributed by atoms with van der Waals surface area (Å²) in [5, 5.41) is 16.2. The third kappa shape index (κ3) is 2.25. The van der Waals surface area contributed by atoms with Crippen LogP contribution in [0.3, 0.4) is 0 Å². The maximum atomic E-state index is 8.65. The predicted octanol–water partition coefficient (Wildman–Crippen LogP) is 1.03. The molecule has 0 saturated heterocycles. The van der Waals surface area contributed by atoms with E-state index in [1.165, 1.54) is 4.68 Å². The van der Waals surface area contributed by atoms with Gasteiger partial charge in [-0.1, -0.05) is 16.8 Å². The van der Waals surface area contributed by atoms with E-state index in [4.69, 9.17) is 22.5 Å². The number of aryl methyl sites for hydroxylation is 2. The Kier molecular flexibility index (Phi) is 3.15. The minimum atomic E-state index is -0.0864. The first kappa shape index (κ1) is 12.3. The van der Waals surface area contributed by atoms with Crippen LogP contribution in [0.2, 0.25) is 5.02 Å². The van der Waals surface area contributed by atoms with E-state index in [0.717, 1.165) is 0 Å². The van der Waals surface area contributed by atoms with Crippen LogP contribution in [-0.2, 0) is 0 Å². The van der Waals surface area contributed by atoms with Crippen molar-refractivity contribution < 1.29 is 5.21 Å². The van der Waals surface area contributed by atoms with Crippen molar-refractivity contribution >= 4 is 17.4 Å². The van der Waals surface area contributed by atoms with Crippen molar-refractivity contribution in [3.05, 3.63) is 34.4 Å². The first-order chi connectivity index (χ1) is 8.51. The number of rotatable bonds is 2. The summed E-state index contributed by atoms with van der Waals surface area (Å²) in [5.74, 6) is 0.225. The van der Waals surface area contributed by atoms with Crippen molar-refractivity contribution in [3.8, 4) is 5.95 Å². The van der Waals surface area contributed by atoms with E-state index < -0.39 is 0 Å². The molecule has 0 spiro atoms. The van der Waals surface area contributed by atoms with Gasteiger partial charge in [0, 0.05) is 5.69 Å². The molecule has 2 aromatic rings. The van der Waals surface area contributed by atoms with Gasteiger partial charge in [-0.25, -0.2) is 14.6 Å². The van der Waals surface area contributed by atoms with Gasteiger partial charge >= 0.3 is 0 Å². The molecule has 18 heavy (non-hydrogen) atoms. The molecule has 0 bridgehead atoms. The molecule has 7 nitrogen and oxygen atoms in total. The number of oxime groups is 1. The van der Waals surface area contributed by atoms with Gasteiger partial charge in [0.05, 0.1) is 16.9 Å². The van der Waals surface area contributed by atoms with Gasteiger partial charge in [0.2, 0.25) is 0 Å². The highest BCUT2D eigenvalue weighted by Crippen LogP contribution is 2.14. The third-order valence-corrected chi connectivity index (χ3v) is 2.63. The molecule has 3 N–H and O–H groups in total. The number of hydrogen-bond acceptors (Lipinski definition) is 5. The number of aromatic nitrogens is 4. The Hall–Kier alpha value is -2.15. The van der Waals surface area contributed by atoms with Crippen LogP contribution in [0, 0.1) is 13.8 Å². The Morgan fingerprint density at radius 1 is 1.44 bits per heavy atom. The van der Waals surface area contributed by atoms with E-state index >= 15 is 0 Å². The number of amidine groups is 1. The third-order valence-electron chi connectivity index (χ3n) is 2.26. The molecular formula is C10H11ClN6O. The predicted molar refractivity (Wildman–Crippen MR) is 66.1 cm³/mol. The van der Waals surface area contributed by atoms with Gasteiger partial charge < -0.3 is 10.9 Å². The standard InChI is InChI=1S/C10H11ClN6O/c1-5-3-8(9(12)16-18)14-10(13-5)17-4-7(11)6(2)15-17/h3-4,18H,1-2H3,(H2,12,16). The van der Waals surface area contributed by atoms with Gasteiger partial charge in [-0.15, -0.1) is 0 Å². The number of hydrogen-bond donors (Lipinski definition) is 2. The van der Waals surface area contributed by atoms with Crippen LogP contribution in [0.15, 0.2) is 17.4 Å². The van der Waals surface area contributed by atoms with E-state index in [1.54, 1.807) is 26.1 Å². The van der Waals surface area contributed by atoms with Crippen molar-refractivity contribution in [2.75, 3.05) is 0 Å². The molecule has 0 aliphatic carbocycles. The molecule has 0 fully saturated rings. The largest absolute Gasteiger partial charge is 0.409 e. The smallest absolute Gasteiger partial charge is 0.251 e. The van der Waals surface area contributed by atoms with Gasteiger partial charge in [0.15, 0.2) is 5.84 Å². The molecule has 8 heteroatoms. The second-order valence-corrected chi connectivity index (χ2v) is 4.09. The SMILES string of the molecule is Cc1cc(/C(N)=N/O)nc(-n2cc(Cl)c(C)n2)n1. The number of halogens is 1. The molecule has 2 aromatic heterocycles. The van der Waals surface area contributed by atoms with Crippen LogP contribution < -0.4 is 5.73 Å². The molecule has 0 aliphatic rings. The summed E-state index contributed by atoms with van der Waals surface area (Å²) in [6.45, 7) is 3.55. The molecule has 0 radical (unpaired) electrons. The molecule has 94 valence electrons. The fourth-order valence-corrected chi connectivity index (χ4v) is 1.51. The summed E-state index contributed by atoms with van der Waals surface area (Å²) in [6.07, 6.45) is 1.60. The zero-order valence-corrected chi connectivity index (χ0v) is 10.5. The molecule has 0 atom stereocenters. The molecule has 0 unspecified atom stereocenters. The molecule has 0 amide bonds. The van der Waals surface area contributed by atoms with E-state index in [-0.39, 0.29) is 5.84 Å². The Morgan fingerprint density at radius 3 is 2.72 bits per heavy atom. The van der Waals surface area contributed by atoms with Gasteiger partial charge in [0.25, 0.3) is 5.95 Å². The van der Waals surface area contributed by atoms with Crippen LogP contribution >= 0.6 is 11.6 Å². The second-order valence-electron chi connectivity index (χ2n) is 3.69. The van der Waals surface area contributed by atoms with Crippen molar-refractivity contribution in [2.24, 2.45) is 10.9 Å². The van der Waals surface area contributed by atoms with Crippen molar-refractivity contribution in [3.63, 3.8) is 0 Å². The molecule has 0 saturated carbocycles. The monoisotopic (exact) mass is 266 g/mol. The quantitative estimate of drug-likeness (QED) is 0.366. The first-order valence-electron chi connectivity index (χ1n) is 5.07. The summed E-state index contributed by atoms with van der Waals surface area (Å²) < 4.78 is 1.44. The summed E-state index contributed by atoms with van der Waals surface area (Å²) in [6, 6.07) is 1.61. The highest BCUT2D eigenvalue weighted by Gasteiger charge is 2.10. The lowest BCUT2D eigenvalue weighted by Crippen LogP contribution is -2.17. The molecule has 2 heterocycles. The Balaban J connectivity index is 2.54. The lowest BCUT2D eigenvalue weighted by atomic mass is 10.3. The zero-order valence-electron chi connectivity index (χ0n) is 9.79. The normalized spacial score (nSPS) is 11.8. The Bertz CT molecular complexity index is 601. The highest BCUT2D eigenvalue weighted by molar-refractivity contribution is 6.31. The lowest BCUT2D eigenvalue weighted by Gasteiger charge is -2.04. The second kappa shape index (κ2) is 4.61. The summed E-state index contributed by atoms with van der Waals surface area (Å²) in [4.78, 5) is 8.36. The summed E-state index contributed by atoms with van der Waals surface area (Å²) >= 11 is 5.92. The minimum Gasteiger partial charge on any atom is -0.409 e. The van der Waals surface area contributed by atoms with E-state index in [1.807, 2.05) is 0 Å². The van der Waals surface area contributed by atoms with E-state index in [2.05, 4.69) is 20.2 Å². The molecule has 0 aliphatic heterocycles. The van der Waals surface area contributed by atoms with Crippen LogP contribution in [0.5, 0.6) is 0 Å². The summed E-state index contributed by atoms with van der Waals surface area (Å²) in [7, 11) is 0. The van der Waals surface area contributed by atoms with Gasteiger partial charge in [-0.2, -0.15) is 5.10 Å². The Labute approximate surface area is 108 Å². The topological polar surface area (TPSA) is 102 Å². The van der Waals surface area contributed by atoms with Gasteiger partial charge in [-0.3, -0.25) is 0 Å². The van der Waals surface area contributed by atoms with E-state index in [0.29, 0.717) is 28.1 Å². The molecule has 0 aromatic carbocycles. The number of nitrogens with zero attached hydrogens (tertiary/aromatic N) is 5. The van der Waals surface area contributed by atoms with Crippen molar-refractivity contribution in [2.45, 2.75) is 13.8 Å². The fraction of sp³-hybridized carbons (Fsp3) is 0.200. The first-order valence-corrected chi connectivity index (χ1v) is 5.45. The maximum absolute atomic E-state index is 8.65. The van der Waals surface area contributed by atoms with Crippen LogP contribution in [0.25, 0.3) is 5.95 Å². The summed E-state index contributed by atoms with van der Waals surface area (Å²) in [5.41, 5.74) is 7.17. The van der Waals surface area contributed by atoms with Gasteiger partial charge in [0.1, 0.15) is 5.69 Å². The van der Waals surface area contributed by atoms with Crippen molar-refractivity contribution in [1.82, 2.24) is 19.7 Å². The van der Waals surface area contributed by atoms with Crippen LogP contribution in [-0.4, -0.2) is 30.8 Å². The zero-order chi connectivity index (χ0) is 13.3. The minimum absolute atomic E-state index is 0.0864. The van der Waals surface area contributed by atoms with Crippen molar-refractivity contribution in [1.29, 1.82) is 0 Å². The van der Waals surface area contributed by atoms with Gasteiger partial charge in [-0.05, 0) is 19.9 Å². The Morgan fingerprint density at radius 2 is 2.17 bits per heavy atom. The average Bonchev–Trinajstić information content (AvgIpc) is 2.68. The van der Waals surface area contributed by atoms with Crippen LogP contribution in [0.4, 0.5) is 0 Å².